The van der Waals surface area contributed by atoms with Crippen LogP contribution in [0.2, 0.25) is 0 Å². The summed E-state index contributed by atoms with van der Waals surface area (Å²) in [5, 5.41) is 0. The Hall–Kier alpha value is -4.00. The van der Waals surface area contributed by atoms with Crippen LogP contribution in [0, 0.1) is 0 Å². The van der Waals surface area contributed by atoms with Crippen LogP contribution in [-0.4, -0.2) is 47.2 Å². The lowest BCUT2D eigenvalue weighted by molar-refractivity contribution is -0.136. The number of carbonyl (C=O) groups is 2. The average Bonchev–Trinajstić information content (AvgIpc) is 3.41. The van der Waals surface area contributed by atoms with E-state index in [-0.39, 0.29) is 17.0 Å². The highest BCUT2D eigenvalue weighted by molar-refractivity contribution is 5.96. The van der Waals surface area contributed by atoms with Crippen LogP contribution < -0.4 is 9.47 Å². The minimum absolute atomic E-state index is 0.135. The molecule has 6 nitrogen and oxygen atoms in total. The molecule has 0 saturated carbocycles. The summed E-state index contributed by atoms with van der Waals surface area (Å²) >= 11 is 0. The number of hydrogen-bond donors (Lipinski definition) is 0. The second-order valence-corrected chi connectivity index (χ2v) is 17.6. The SMILES string of the molecule is C=CC(=O)C(C)(C)OCCC(C)(C)Oc1ccc(C2(c3ccc(OC(C)(C)CCOC(C)(C)C(=O)C=C)cc3)CC(C)c3cc4c(cc32)CCCC4)cc1. The summed E-state index contributed by atoms with van der Waals surface area (Å²) < 4.78 is 24.9. The zero-order valence-corrected chi connectivity index (χ0v) is 34.2. The molecule has 0 aromatic heterocycles. The van der Waals surface area contributed by atoms with Gasteiger partial charge in [-0.3, -0.25) is 9.59 Å². The number of carbonyl (C=O) groups excluding carboxylic acids is 2. The smallest absolute Gasteiger partial charge is 0.186 e. The van der Waals surface area contributed by atoms with E-state index in [1.165, 1.54) is 58.4 Å². The van der Waals surface area contributed by atoms with Crippen molar-refractivity contribution in [3.05, 3.63) is 119 Å². The highest BCUT2D eigenvalue weighted by atomic mass is 16.5. The number of rotatable bonds is 18. The number of ketones is 2. The van der Waals surface area contributed by atoms with E-state index in [4.69, 9.17) is 18.9 Å². The fourth-order valence-corrected chi connectivity index (χ4v) is 8.07. The Balaban J connectivity index is 1.40. The van der Waals surface area contributed by atoms with Crippen LogP contribution in [0.4, 0.5) is 0 Å². The van der Waals surface area contributed by atoms with E-state index in [9.17, 15) is 9.59 Å². The second kappa shape index (κ2) is 16.0. The first-order chi connectivity index (χ1) is 25.3. The lowest BCUT2D eigenvalue weighted by Gasteiger charge is -2.34. The fourth-order valence-electron chi connectivity index (χ4n) is 8.07. The van der Waals surface area contributed by atoms with Crippen molar-refractivity contribution in [1.29, 1.82) is 0 Å². The Kier molecular flexibility index (Phi) is 12.2. The third-order valence-corrected chi connectivity index (χ3v) is 11.5. The van der Waals surface area contributed by atoms with Crippen molar-refractivity contribution in [2.75, 3.05) is 13.2 Å². The van der Waals surface area contributed by atoms with Gasteiger partial charge in [-0.25, -0.2) is 0 Å². The van der Waals surface area contributed by atoms with Crippen LogP contribution in [0.1, 0.15) is 134 Å². The third kappa shape index (κ3) is 9.09. The van der Waals surface area contributed by atoms with E-state index >= 15 is 0 Å². The highest BCUT2D eigenvalue weighted by Crippen LogP contribution is 2.55. The van der Waals surface area contributed by atoms with Crippen LogP contribution >= 0.6 is 0 Å². The summed E-state index contributed by atoms with van der Waals surface area (Å²) in [4.78, 5) is 24.4. The average molecular weight is 735 g/mol. The molecule has 290 valence electrons. The molecule has 0 bridgehead atoms. The van der Waals surface area contributed by atoms with Gasteiger partial charge in [0.25, 0.3) is 0 Å². The molecule has 3 aromatic rings. The molecule has 0 aliphatic heterocycles. The minimum Gasteiger partial charge on any atom is -0.488 e. The van der Waals surface area contributed by atoms with Gasteiger partial charge >= 0.3 is 0 Å². The van der Waals surface area contributed by atoms with E-state index in [1.807, 2.05) is 0 Å². The molecular weight excluding hydrogens is 673 g/mol. The minimum atomic E-state index is -0.914. The van der Waals surface area contributed by atoms with Gasteiger partial charge < -0.3 is 18.9 Å². The molecule has 5 rings (SSSR count). The van der Waals surface area contributed by atoms with E-state index in [1.54, 1.807) is 27.7 Å². The van der Waals surface area contributed by atoms with E-state index in [0.717, 1.165) is 30.8 Å². The van der Waals surface area contributed by atoms with Crippen molar-refractivity contribution in [2.45, 2.75) is 141 Å². The van der Waals surface area contributed by atoms with Gasteiger partial charge in [0, 0.05) is 18.3 Å². The van der Waals surface area contributed by atoms with Crippen molar-refractivity contribution < 1.29 is 28.5 Å². The molecule has 3 aromatic carbocycles. The van der Waals surface area contributed by atoms with Crippen molar-refractivity contribution in [3.63, 3.8) is 0 Å². The normalized spacial score (nSPS) is 16.9. The molecule has 54 heavy (non-hydrogen) atoms. The Morgan fingerprint density at radius 2 is 1.09 bits per heavy atom. The molecule has 0 saturated heterocycles. The molecule has 1 unspecified atom stereocenters. The van der Waals surface area contributed by atoms with Crippen LogP contribution in [0.3, 0.4) is 0 Å². The Morgan fingerprint density at radius 1 is 0.685 bits per heavy atom. The second-order valence-electron chi connectivity index (χ2n) is 17.6. The zero-order valence-electron chi connectivity index (χ0n) is 34.2. The molecule has 2 aliphatic carbocycles. The van der Waals surface area contributed by atoms with Crippen LogP contribution in [0.5, 0.6) is 11.5 Å². The molecule has 0 heterocycles. The van der Waals surface area contributed by atoms with Gasteiger partial charge in [-0.2, -0.15) is 0 Å². The van der Waals surface area contributed by atoms with Gasteiger partial charge in [0.2, 0.25) is 0 Å². The molecule has 0 spiro atoms. The molecule has 0 N–H and O–H groups in total. The van der Waals surface area contributed by atoms with Gasteiger partial charge in [-0.05, 0) is 163 Å². The van der Waals surface area contributed by atoms with E-state index in [2.05, 4.69) is 108 Å². The number of benzene rings is 3. The molecule has 6 heteroatoms. The number of hydrogen-bond acceptors (Lipinski definition) is 6. The lowest BCUT2D eigenvalue weighted by atomic mass is 9.69. The quantitative estimate of drug-likeness (QED) is 0.121. The predicted octanol–water partition coefficient (Wildman–Crippen LogP) is 10.6. The van der Waals surface area contributed by atoms with Gasteiger partial charge in [-0.15, -0.1) is 0 Å². The maximum Gasteiger partial charge on any atom is 0.186 e. The zero-order chi connectivity index (χ0) is 39.5. The van der Waals surface area contributed by atoms with Gasteiger partial charge in [-0.1, -0.05) is 56.5 Å². The van der Waals surface area contributed by atoms with E-state index in [0.29, 0.717) is 32.0 Å². The van der Waals surface area contributed by atoms with Crippen LogP contribution in [0.15, 0.2) is 86.0 Å². The fraction of sp³-hybridized carbons (Fsp3) is 0.500. The number of ether oxygens (including phenoxy) is 4. The van der Waals surface area contributed by atoms with Crippen molar-refractivity contribution in [3.8, 4) is 11.5 Å². The number of fused-ring (bicyclic) bond motifs is 2. The van der Waals surface area contributed by atoms with Crippen molar-refractivity contribution in [1.82, 2.24) is 0 Å². The Morgan fingerprint density at radius 3 is 1.50 bits per heavy atom. The van der Waals surface area contributed by atoms with Gasteiger partial charge in [0.1, 0.15) is 33.9 Å². The molecule has 2 aliphatic rings. The monoisotopic (exact) mass is 734 g/mol. The van der Waals surface area contributed by atoms with Crippen LogP contribution in [0.25, 0.3) is 0 Å². The largest absolute Gasteiger partial charge is 0.488 e. The molecule has 0 fully saturated rings. The van der Waals surface area contributed by atoms with Crippen LogP contribution in [-0.2, 0) is 37.3 Å². The molecule has 0 radical (unpaired) electrons. The summed E-state index contributed by atoms with van der Waals surface area (Å²) in [5.41, 5.74) is 5.17. The first-order valence-electron chi connectivity index (χ1n) is 19.7. The summed E-state index contributed by atoms with van der Waals surface area (Å²) in [6, 6.07) is 22.4. The first-order valence-corrected chi connectivity index (χ1v) is 19.7. The first kappa shape index (κ1) is 41.2. The summed E-state index contributed by atoms with van der Waals surface area (Å²) in [7, 11) is 0. The Bertz CT molecular complexity index is 1730. The summed E-state index contributed by atoms with van der Waals surface area (Å²) in [6.45, 7) is 25.6. The Labute approximate surface area is 324 Å². The van der Waals surface area contributed by atoms with Gasteiger partial charge in [0.05, 0.1) is 13.2 Å². The highest BCUT2D eigenvalue weighted by Gasteiger charge is 2.46. The predicted molar refractivity (Wildman–Crippen MR) is 218 cm³/mol. The van der Waals surface area contributed by atoms with Crippen molar-refractivity contribution in [2.24, 2.45) is 0 Å². The standard InChI is InChI=1S/C48H62O6/c1-12-42(49)46(8,9)51-28-26-44(4,5)53-38-22-18-36(19-23-38)48(32-33(3)40-30-34-16-14-15-17-35(34)31-41(40)48)37-20-24-39(25-21-37)54-45(6,7)27-29-52-47(10,11)43(50)13-2/h12-13,18-25,30-31,33H,1-2,14-17,26-29,32H2,3-11H3. The maximum absolute atomic E-state index is 12.2. The van der Waals surface area contributed by atoms with Gasteiger partial charge in [0.15, 0.2) is 11.6 Å². The topological polar surface area (TPSA) is 71.1 Å². The third-order valence-electron chi connectivity index (χ3n) is 11.5. The summed E-state index contributed by atoms with van der Waals surface area (Å²) in [6.07, 6.45) is 9.61. The summed E-state index contributed by atoms with van der Waals surface area (Å²) in [5.74, 6) is 1.72. The lowest BCUT2D eigenvalue weighted by Crippen LogP contribution is -2.37. The van der Waals surface area contributed by atoms with Crippen molar-refractivity contribution >= 4 is 11.6 Å². The number of aryl methyl sites for hydroxylation is 2. The molecule has 0 amide bonds. The molecule has 1 atom stereocenters. The van der Waals surface area contributed by atoms with E-state index < -0.39 is 22.4 Å². The maximum atomic E-state index is 12.2. The molecular formula is C48H62O6.